The van der Waals surface area contributed by atoms with Crippen molar-refractivity contribution in [3.63, 3.8) is 0 Å². The van der Waals surface area contributed by atoms with Gasteiger partial charge in [0.05, 0.1) is 16.7 Å². The number of hydrogen-bond acceptors (Lipinski definition) is 1. The molecule has 102 valence electrons. The van der Waals surface area contributed by atoms with Crippen molar-refractivity contribution in [3.05, 3.63) is 34.3 Å². The van der Waals surface area contributed by atoms with Crippen LogP contribution in [0.25, 0.3) is 0 Å². The van der Waals surface area contributed by atoms with Crippen LogP contribution in [0.2, 0.25) is 5.02 Å². The zero-order valence-corrected chi connectivity index (χ0v) is 11.1. The van der Waals surface area contributed by atoms with Gasteiger partial charge < -0.3 is 4.74 Å². The Bertz CT molecular complexity index is 390. The third-order valence-corrected chi connectivity index (χ3v) is 2.94. The van der Waals surface area contributed by atoms with Gasteiger partial charge in [0.1, 0.15) is 0 Å². The van der Waals surface area contributed by atoms with E-state index in [2.05, 4.69) is 0 Å². The molecule has 1 aromatic rings. The summed E-state index contributed by atoms with van der Waals surface area (Å²) in [6, 6.07) is 3.96. The highest BCUT2D eigenvalue weighted by molar-refractivity contribution is 6.32. The molecule has 1 aromatic carbocycles. The van der Waals surface area contributed by atoms with Crippen molar-refractivity contribution < 1.29 is 17.9 Å². The number of benzene rings is 1. The Morgan fingerprint density at radius 1 is 1.33 bits per heavy atom. The highest BCUT2D eigenvalue weighted by Crippen LogP contribution is 2.36. The molecule has 0 aliphatic carbocycles. The monoisotopic (exact) mass is 280 g/mol. The third-order valence-electron chi connectivity index (χ3n) is 2.50. The molecular formula is C13H16ClF3O. The van der Waals surface area contributed by atoms with Crippen molar-refractivity contribution >= 4 is 11.6 Å². The molecular weight excluding hydrogens is 265 g/mol. The first-order chi connectivity index (χ1) is 8.36. The quantitative estimate of drug-likeness (QED) is 0.758. The van der Waals surface area contributed by atoms with E-state index >= 15 is 0 Å². The predicted octanol–water partition coefficient (Wildman–Crippen LogP) is 4.72. The van der Waals surface area contributed by atoms with Gasteiger partial charge in [0.2, 0.25) is 0 Å². The fourth-order valence-corrected chi connectivity index (χ4v) is 1.95. The fourth-order valence-electron chi connectivity index (χ4n) is 1.64. The SMILES string of the molecule is CCCOC(C)Cc1cccc(C(F)(F)F)c1Cl. The molecule has 0 bridgehead atoms. The number of hydrogen-bond donors (Lipinski definition) is 0. The first kappa shape index (κ1) is 15.3. The van der Waals surface area contributed by atoms with Crippen LogP contribution < -0.4 is 0 Å². The van der Waals surface area contributed by atoms with E-state index in [0.29, 0.717) is 18.6 Å². The summed E-state index contributed by atoms with van der Waals surface area (Å²) in [5.74, 6) is 0. The number of rotatable bonds is 5. The highest BCUT2D eigenvalue weighted by Gasteiger charge is 2.33. The van der Waals surface area contributed by atoms with Crippen LogP contribution in [0.3, 0.4) is 0 Å². The predicted molar refractivity (Wildman–Crippen MR) is 65.9 cm³/mol. The molecule has 0 saturated carbocycles. The lowest BCUT2D eigenvalue weighted by atomic mass is 10.0. The summed E-state index contributed by atoms with van der Waals surface area (Å²) in [6.45, 7) is 4.40. The molecule has 0 heterocycles. The van der Waals surface area contributed by atoms with Crippen molar-refractivity contribution in [2.75, 3.05) is 6.61 Å². The Balaban J connectivity index is 2.84. The van der Waals surface area contributed by atoms with Gasteiger partial charge in [-0.3, -0.25) is 0 Å². The summed E-state index contributed by atoms with van der Waals surface area (Å²) in [5, 5.41) is -0.225. The molecule has 18 heavy (non-hydrogen) atoms. The summed E-state index contributed by atoms with van der Waals surface area (Å²) < 4.78 is 43.4. The Morgan fingerprint density at radius 2 is 2.00 bits per heavy atom. The second-order valence-electron chi connectivity index (χ2n) is 4.16. The van der Waals surface area contributed by atoms with Crippen LogP contribution in [0, 0.1) is 0 Å². The molecule has 0 N–H and O–H groups in total. The lowest BCUT2D eigenvalue weighted by molar-refractivity contribution is -0.137. The maximum atomic E-state index is 12.7. The van der Waals surface area contributed by atoms with E-state index in [1.54, 1.807) is 6.07 Å². The van der Waals surface area contributed by atoms with Gasteiger partial charge in [0.25, 0.3) is 0 Å². The van der Waals surface area contributed by atoms with E-state index in [0.717, 1.165) is 12.5 Å². The normalized spacial score (nSPS) is 13.7. The molecule has 0 radical (unpaired) electrons. The second-order valence-corrected chi connectivity index (χ2v) is 4.54. The van der Waals surface area contributed by atoms with Crippen LogP contribution in [0.15, 0.2) is 18.2 Å². The minimum atomic E-state index is -4.42. The summed E-state index contributed by atoms with van der Waals surface area (Å²) in [4.78, 5) is 0. The third kappa shape index (κ3) is 4.18. The van der Waals surface area contributed by atoms with Gasteiger partial charge in [-0.2, -0.15) is 13.2 Å². The van der Waals surface area contributed by atoms with Crippen molar-refractivity contribution in [2.24, 2.45) is 0 Å². The van der Waals surface area contributed by atoms with Crippen LogP contribution >= 0.6 is 11.6 Å². The molecule has 0 aliphatic rings. The van der Waals surface area contributed by atoms with E-state index < -0.39 is 11.7 Å². The number of halogens is 4. The highest BCUT2D eigenvalue weighted by atomic mass is 35.5. The van der Waals surface area contributed by atoms with E-state index in [-0.39, 0.29) is 11.1 Å². The molecule has 1 nitrogen and oxygen atoms in total. The standard InChI is InChI=1S/C13H16ClF3O/c1-3-7-18-9(2)8-10-5-4-6-11(12(10)14)13(15,16)17/h4-6,9H,3,7-8H2,1-2H3. The Kier molecular flexibility index (Phi) is 5.47. The van der Waals surface area contributed by atoms with Crippen LogP contribution in [-0.2, 0) is 17.3 Å². The molecule has 5 heteroatoms. The van der Waals surface area contributed by atoms with Crippen LogP contribution in [0.1, 0.15) is 31.4 Å². The molecule has 0 spiro atoms. The Hall–Kier alpha value is -0.740. The smallest absolute Gasteiger partial charge is 0.378 e. The maximum absolute atomic E-state index is 12.7. The van der Waals surface area contributed by atoms with Gasteiger partial charge in [-0.05, 0) is 31.4 Å². The van der Waals surface area contributed by atoms with Crippen LogP contribution in [-0.4, -0.2) is 12.7 Å². The van der Waals surface area contributed by atoms with Gasteiger partial charge in [0.15, 0.2) is 0 Å². The lowest BCUT2D eigenvalue weighted by Crippen LogP contribution is -2.14. The van der Waals surface area contributed by atoms with Crippen molar-refractivity contribution in [1.82, 2.24) is 0 Å². The first-order valence-electron chi connectivity index (χ1n) is 5.82. The molecule has 0 aliphatic heterocycles. The second kappa shape index (κ2) is 6.43. The molecule has 1 rings (SSSR count). The van der Waals surface area contributed by atoms with E-state index in [1.165, 1.54) is 6.07 Å². The lowest BCUT2D eigenvalue weighted by Gasteiger charge is -2.16. The maximum Gasteiger partial charge on any atom is 0.417 e. The molecule has 0 fully saturated rings. The molecule has 1 unspecified atom stereocenters. The molecule has 1 atom stereocenters. The van der Waals surface area contributed by atoms with Crippen molar-refractivity contribution in [1.29, 1.82) is 0 Å². The van der Waals surface area contributed by atoms with Crippen LogP contribution in [0.5, 0.6) is 0 Å². The van der Waals surface area contributed by atoms with Gasteiger partial charge in [-0.25, -0.2) is 0 Å². The number of ether oxygens (including phenoxy) is 1. The fraction of sp³-hybridized carbons (Fsp3) is 0.538. The summed E-state index contributed by atoms with van der Waals surface area (Å²) in [5.41, 5.74) is -0.320. The average Bonchev–Trinajstić information content (AvgIpc) is 2.27. The van der Waals surface area contributed by atoms with E-state index in [1.807, 2.05) is 13.8 Å². The van der Waals surface area contributed by atoms with Gasteiger partial charge in [0, 0.05) is 6.61 Å². The van der Waals surface area contributed by atoms with Gasteiger partial charge >= 0.3 is 6.18 Å². The van der Waals surface area contributed by atoms with Crippen molar-refractivity contribution in [2.45, 2.75) is 39.0 Å². The first-order valence-corrected chi connectivity index (χ1v) is 6.20. The van der Waals surface area contributed by atoms with Gasteiger partial charge in [-0.1, -0.05) is 30.7 Å². The molecule has 0 amide bonds. The minimum Gasteiger partial charge on any atom is -0.378 e. The molecule has 0 aromatic heterocycles. The van der Waals surface area contributed by atoms with Crippen LogP contribution in [0.4, 0.5) is 13.2 Å². The zero-order chi connectivity index (χ0) is 13.8. The Labute approximate surface area is 110 Å². The van der Waals surface area contributed by atoms with Gasteiger partial charge in [-0.15, -0.1) is 0 Å². The molecule has 0 saturated heterocycles. The summed E-state index contributed by atoms with van der Waals surface area (Å²) >= 11 is 5.80. The number of alkyl halides is 3. The topological polar surface area (TPSA) is 9.23 Å². The Morgan fingerprint density at radius 3 is 2.56 bits per heavy atom. The minimum absolute atomic E-state index is 0.147. The van der Waals surface area contributed by atoms with E-state index in [9.17, 15) is 13.2 Å². The summed E-state index contributed by atoms with van der Waals surface area (Å²) in [7, 11) is 0. The average molecular weight is 281 g/mol. The summed E-state index contributed by atoms with van der Waals surface area (Å²) in [6.07, 6.45) is -3.31. The van der Waals surface area contributed by atoms with E-state index in [4.69, 9.17) is 16.3 Å². The largest absolute Gasteiger partial charge is 0.417 e. The zero-order valence-electron chi connectivity index (χ0n) is 10.4. The van der Waals surface area contributed by atoms with Crippen molar-refractivity contribution in [3.8, 4) is 0 Å².